The maximum absolute atomic E-state index is 6.13. The minimum atomic E-state index is -0.165. The Balaban J connectivity index is 2.97. The van der Waals surface area contributed by atoms with Crippen LogP contribution in [0.4, 0.5) is 0 Å². The smallest absolute Gasteiger partial charge is 0.0761 e. The predicted molar refractivity (Wildman–Crippen MR) is 60.4 cm³/mol. The molecule has 0 spiro atoms. The molecule has 0 aromatic rings. The van der Waals surface area contributed by atoms with E-state index in [1.165, 1.54) is 0 Å². The normalized spacial score (nSPS) is 28.8. The minimum absolute atomic E-state index is 0.165. The SMILES string of the molecule is C=CCC1C(C)=C(Cl)C=C(Cl)C1Cl. The van der Waals surface area contributed by atoms with Gasteiger partial charge < -0.3 is 0 Å². The molecule has 3 heteroatoms. The van der Waals surface area contributed by atoms with Gasteiger partial charge in [0.25, 0.3) is 0 Å². The first kappa shape index (κ1) is 11.2. The molecular formula is C10H11Cl3. The third-order valence-corrected chi connectivity index (χ3v) is 3.64. The Labute approximate surface area is 93.9 Å². The highest BCUT2D eigenvalue weighted by atomic mass is 35.5. The highest BCUT2D eigenvalue weighted by Crippen LogP contribution is 2.38. The van der Waals surface area contributed by atoms with E-state index >= 15 is 0 Å². The summed E-state index contributed by atoms with van der Waals surface area (Å²) in [7, 11) is 0. The molecule has 0 N–H and O–H groups in total. The molecule has 1 aliphatic rings. The third-order valence-electron chi connectivity index (χ3n) is 2.23. The first-order chi connectivity index (χ1) is 6.07. The van der Waals surface area contributed by atoms with E-state index in [0.717, 1.165) is 12.0 Å². The van der Waals surface area contributed by atoms with Crippen molar-refractivity contribution in [3.8, 4) is 0 Å². The van der Waals surface area contributed by atoms with Crippen LogP contribution in [0, 0.1) is 5.92 Å². The Morgan fingerprint density at radius 1 is 1.54 bits per heavy atom. The second-order valence-corrected chi connectivity index (χ2v) is 4.41. The van der Waals surface area contributed by atoms with E-state index < -0.39 is 0 Å². The zero-order chi connectivity index (χ0) is 10.0. The van der Waals surface area contributed by atoms with Crippen molar-refractivity contribution in [2.45, 2.75) is 18.7 Å². The molecule has 0 saturated heterocycles. The van der Waals surface area contributed by atoms with Crippen molar-refractivity contribution in [1.29, 1.82) is 0 Å². The summed E-state index contributed by atoms with van der Waals surface area (Å²) in [6, 6.07) is 0. The van der Waals surface area contributed by atoms with Gasteiger partial charge in [-0.25, -0.2) is 0 Å². The molecule has 0 bridgehead atoms. The van der Waals surface area contributed by atoms with Crippen LogP contribution < -0.4 is 0 Å². The monoisotopic (exact) mass is 236 g/mol. The van der Waals surface area contributed by atoms with Crippen molar-refractivity contribution in [2.75, 3.05) is 0 Å². The molecule has 1 rings (SSSR count). The highest BCUT2D eigenvalue weighted by Gasteiger charge is 2.27. The standard InChI is InChI=1S/C10H11Cl3/c1-3-4-7-6(2)8(11)5-9(12)10(7)13/h3,5,7,10H,1,4H2,2H3. The fourth-order valence-electron chi connectivity index (χ4n) is 1.38. The number of hydrogen-bond donors (Lipinski definition) is 0. The van der Waals surface area contributed by atoms with Crippen molar-refractivity contribution in [3.63, 3.8) is 0 Å². The van der Waals surface area contributed by atoms with E-state index in [0.29, 0.717) is 10.1 Å². The molecule has 0 amide bonds. The largest absolute Gasteiger partial charge is 0.116 e. The lowest BCUT2D eigenvalue weighted by Crippen LogP contribution is -2.19. The second-order valence-electron chi connectivity index (χ2n) is 3.09. The van der Waals surface area contributed by atoms with Crippen LogP contribution in [-0.2, 0) is 0 Å². The Hall–Kier alpha value is 0.0900. The number of rotatable bonds is 2. The van der Waals surface area contributed by atoms with Gasteiger partial charge in [0.15, 0.2) is 0 Å². The van der Waals surface area contributed by atoms with E-state index in [9.17, 15) is 0 Å². The van der Waals surface area contributed by atoms with Gasteiger partial charge in [-0.2, -0.15) is 0 Å². The van der Waals surface area contributed by atoms with E-state index in [2.05, 4.69) is 6.58 Å². The van der Waals surface area contributed by atoms with Crippen molar-refractivity contribution in [3.05, 3.63) is 34.4 Å². The summed E-state index contributed by atoms with van der Waals surface area (Å²) in [4.78, 5) is 0. The van der Waals surface area contributed by atoms with Crippen LogP contribution >= 0.6 is 34.8 Å². The van der Waals surface area contributed by atoms with Gasteiger partial charge in [0.1, 0.15) is 0 Å². The summed E-state index contributed by atoms with van der Waals surface area (Å²) in [5.74, 6) is 0.184. The molecule has 0 fully saturated rings. The number of hydrogen-bond acceptors (Lipinski definition) is 0. The average molecular weight is 238 g/mol. The molecule has 0 aliphatic heterocycles. The van der Waals surface area contributed by atoms with E-state index in [-0.39, 0.29) is 11.3 Å². The zero-order valence-corrected chi connectivity index (χ0v) is 9.63. The summed E-state index contributed by atoms with van der Waals surface area (Å²) >= 11 is 18.0. The molecule has 13 heavy (non-hydrogen) atoms. The Morgan fingerprint density at radius 2 is 2.15 bits per heavy atom. The van der Waals surface area contributed by atoms with Crippen LogP contribution in [0.2, 0.25) is 0 Å². The number of allylic oxidation sites excluding steroid dienone is 5. The first-order valence-corrected chi connectivity index (χ1v) is 5.25. The van der Waals surface area contributed by atoms with E-state index in [1.54, 1.807) is 6.08 Å². The Kier molecular flexibility index (Phi) is 3.90. The van der Waals surface area contributed by atoms with Crippen LogP contribution in [0.25, 0.3) is 0 Å². The maximum Gasteiger partial charge on any atom is 0.0761 e. The summed E-state index contributed by atoms with van der Waals surface area (Å²) in [6.07, 6.45) is 4.36. The van der Waals surface area contributed by atoms with Gasteiger partial charge in [-0.05, 0) is 25.0 Å². The summed E-state index contributed by atoms with van der Waals surface area (Å²) < 4.78 is 0. The van der Waals surface area contributed by atoms with E-state index in [1.807, 2.05) is 13.0 Å². The zero-order valence-electron chi connectivity index (χ0n) is 7.36. The quantitative estimate of drug-likeness (QED) is 0.492. The van der Waals surface area contributed by atoms with Crippen LogP contribution in [-0.4, -0.2) is 5.38 Å². The summed E-state index contributed by atoms with van der Waals surface area (Å²) in [5, 5.41) is 1.15. The number of alkyl halides is 1. The molecular weight excluding hydrogens is 226 g/mol. The Morgan fingerprint density at radius 3 is 2.69 bits per heavy atom. The third kappa shape index (κ3) is 2.31. The van der Waals surface area contributed by atoms with Gasteiger partial charge in [-0.15, -0.1) is 18.2 Å². The minimum Gasteiger partial charge on any atom is -0.116 e. The molecule has 0 radical (unpaired) electrons. The van der Waals surface area contributed by atoms with Gasteiger partial charge >= 0.3 is 0 Å². The molecule has 0 heterocycles. The van der Waals surface area contributed by atoms with Gasteiger partial charge in [0.05, 0.1) is 5.38 Å². The molecule has 0 saturated carbocycles. The maximum atomic E-state index is 6.13. The molecule has 1 aliphatic carbocycles. The van der Waals surface area contributed by atoms with Gasteiger partial charge in [0.2, 0.25) is 0 Å². The Bertz CT molecular complexity index is 276. The van der Waals surface area contributed by atoms with Crippen LogP contribution in [0.15, 0.2) is 34.4 Å². The van der Waals surface area contributed by atoms with Crippen LogP contribution in [0.5, 0.6) is 0 Å². The highest BCUT2D eigenvalue weighted by molar-refractivity contribution is 6.40. The molecule has 2 atom stereocenters. The lowest BCUT2D eigenvalue weighted by molar-refractivity contribution is 0.626. The van der Waals surface area contributed by atoms with Crippen molar-refractivity contribution in [1.82, 2.24) is 0 Å². The molecule has 0 nitrogen and oxygen atoms in total. The number of halogens is 3. The van der Waals surface area contributed by atoms with Crippen molar-refractivity contribution in [2.24, 2.45) is 5.92 Å². The summed E-state index contributed by atoms with van der Waals surface area (Å²) in [6.45, 7) is 5.66. The van der Waals surface area contributed by atoms with Gasteiger partial charge in [-0.3, -0.25) is 0 Å². The topological polar surface area (TPSA) is 0 Å². The molecule has 72 valence electrons. The summed E-state index contributed by atoms with van der Waals surface area (Å²) in [5.41, 5.74) is 1.09. The van der Waals surface area contributed by atoms with Gasteiger partial charge in [0, 0.05) is 16.0 Å². The second kappa shape index (κ2) is 4.54. The fraction of sp³-hybridized carbons (Fsp3) is 0.400. The van der Waals surface area contributed by atoms with E-state index in [4.69, 9.17) is 34.8 Å². The van der Waals surface area contributed by atoms with Crippen molar-refractivity contribution >= 4 is 34.8 Å². The predicted octanol–water partition coefficient (Wildman–Crippen LogP) is 4.44. The average Bonchev–Trinajstić information content (AvgIpc) is 2.09. The van der Waals surface area contributed by atoms with Gasteiger partial charge in [-0.1, -0.05) is 29.3 Å². The fourth-order valence-corrected chi connectivity index (χ4v) is 2.31. The van der Waals surface area contributed by atoms with Crippen LogP contribution in [0.3, 0.4) is 0 Å². The first-order valence-electron chi connectivity index (χ1n) is 4.06. The lowest BCUT2D eigenvalue weighted by atomic mass is 9.89. The lowest BCUT2D eigenvalue weighted by Gasteiger charge is -2.26. The van der Waals surface area contributed by atoms with Crippen molar-refractivity contribution < 1.29 is 0 Å². The molecule has 0 aromatic heterocycles. The molecule has 2 unspecified atom stereocenters. The molecule has 0 aromatic carbocycles. The van der Waals surface area contributed by atoms with Crippen LogP contribution in [0.1, 0.15) is 13.3 Å².